The Balaban J connectivity index is 1.67. The Morgan fingerprint density at radius 1 is 1.19 bits per heavy atom. The number of nitrogens with one attached hydrogen (secondary N) is 2. The molecule has 2 unspecified atom stereocenters. The van der Waals surface area contributed by atoms with E-state index in [-0.39, 0.29) is 30.0 Å². The molecule has 3 amide bonds. The van der Waals surface area contributed by atoms with E-state index in [0.717, 1.165) is 12.0 Å². The average Bonchev–Trinajstić information content (AvgIpc) is 3.12. The second-order valence-corrected chi connectivity index (χ2v) is 10.7. The van der Waals surface area contributed by atoms with Crippen LogP contribution in [0.5, 0.6) is 0 Å². The Morgan fingerprint density at radius 2 is 1.84 bits per heavy atom. The van der Waals surface area contributed by atoms with Crippen molar-refractivity contribution in [3.05, 3.63) is 34.9 Å². The number of carbonyl (C=O) groups is 2. The molecule has 0 bridgehead atoms. The van der Waals surface area contributed by atoms with Gasteiger partial charge in [-0.25, -0.2) is 4.79 Å². The number of amides is 3. The van der Waals surface area contributed by atoms with E-state index < -0.39 is 17.1 Å². The van der Waals surface area contributed by atoms with Crippen LogP contribution in [0, 0.1) is 11.3 Å². The molecule has 0 aromatic heterocycles. The second kappa shape index (κ2) is 9.57. The molecule has 1 heterocycles. The van der Waals surface area contributed by atoms with Crippen molar-refractivity contribution in [3.8, 4) is 0 Å². The molecule has 4 N–H and O–H groups in total. The summed E-state index contributed by atoms with van der Waals surface area (Å²) in [5.74, 6) is -0.240. The fraction of sp³-hybridized carbons (Fsp3) is 0.667. The molecule has 1 aliphatic heterocycles. The van der Waals surface area contributed by atoms with Gasteiger partial charge < -0.3 is 25.7 Å². The smallest absolute Gasteiger partial charge is 0.315 e. The summed E-state index contributed by atoms with van der Waals surface area (Å²) in [4.78, 5) is 27.7. The van der Waals surface area contributed by atoms with E-state index in [4.69, 9.17) is 11.6 Å². The van der Waals surface area contributed by atoms with E-state index in [1.54, 1.807) is 17.0 Å². The van der Waals surface area contributed by atoms with Crippen LogP contribution in [0.3, 0.4) is 0 Å². The first-order valence-corrected chi connectivity index (χ1v) is 11.8. The van der Waals surface area contributed by atoms with E-state index in [1.165, 1.54) is 0 Å². The molecular weight excluding hydrogens is 430 g/mol. The third-order valence-electron chi connectivity index (χ3n) is 7.04. The molecule has 32 heavy (non-hydrogen) atoms. The Labute approximate surface area is 195 Å². The largest absolute Gasteiger partial charge is 0.393 e. The zero-order chi connectivity index (χ0) is 23.7. The monoisotopic (exact) mass is 465 g/mol. The van der Waals surface area contributed by atoms with Gasteiger partial charge in [0.2, 0.25) is 5.91 Å². The maximum atomic E-state index is 13.4. The lowest BCUT2D eigenvalue weighted by molar-refractivity contribution is -0.155. The van der Waals surface area contributed by atoms with Gasteiger partial charge in [0.1, 0.15) is 6.04 Å². The van der Waals surface area contributed by atoms with Crippen LogP contribution in [0.2, 0.25) is 5.02 Å². The molecule has 178 valence electrons. The summed E-state index contributed by atoms with van der Waals surface area (Å²) in [6.07, 6.45) is 1.97. The van der Waals surface area contributed by atoms with E-state index in [2.05, 4.69) is 10.6 Å². The number of aliphatic hydroxyl groups is 2. The Morgan fingerprint density at radius 3 is 2.38 bits per heavy atom. The number of carbonyl (C=O) groups excluding carboxylic acids is 2. The molecule has 4 atom stereocenters. The first kappa shape index (κ1) is 24.8. The number of hydrogen-bond acceptors (Lipinski definition) is 4. The van der Waals surface area contributed by atoms with Crippen molar-refractivity contribution in [2.75, 3.05) is 13.1 Å². The quantitative estimate of drug-likeness (QED) is 0.536. The number of halogens is 1. The first-order chi connectivity index (χ1) is 14.9. The van der Waals surface area contributed by atoms with Gasteiger partial charge in [-0.05, 0) is 49.3 Å². The van der Waals surface area contributed by atoms with Gasteiger partial charge in [-0.15, -0.1) is 0 Å². The molecule has 7 nitrogen and oxygen atoms in total. The highest BCUT2D eigenvalue weighted by Crippen LogP contribution is 2.46. The van der Waals surface area contributed by atoms with Crippen molar-refractivity contribution in [2.24, 2.45) is 11.3 Å². The van der Waals surface area contributed by atoms with Crippen molar-refractivity contribution in [1.29, 1.82) is 0 Å². The number of piperidine rings is 1. The fourth-order valence-electron chi connectivity index (χ4n) is 4.94. The lowest BCUT2D eigenvalue weighted by Crippen LogP contribution is -2.61. The molecular formula is C24H36ClN3O4. The number of nitrogens with zero attached hydrogens (tertiary/aromatic N) is 1. The zero-order valence-corrected chi connectivity index (χ0v) is 20.2. The summed E-state index contributed by atoms with van der Waals surface area (Å²) >= 11 is 6.01. The number of urea groups is 1. The molecule has 1 aromatic rings. The highest BCUT2D eigenvalue weighted by molar-refractivity contribution is 6.30. The zero-order valence-electron chi connectivity index (χ0n) is 19.4. The van der Waals surface area contributed by atoms with Gasteiger partial charge >= 0.3 is 6.03 Å². The third-order valence-corrected chi connectivity index (χ3v) is 7.29. The molecule has 0 radical (unpaired) electrons. The van der Waals surface area contributed by atoms with Crippen LogP contribution in [-0.4, -0.2) is 58.3 Å². The molecule has 2 aliphatic rings. The average molecular weight is 466 g/mol. The maximum absolute atomic E-state index is 13.4. The molecule has 1 saturated heterocycles. The molecule has 8 heteroatoms. The van der Waals surface area contributed by atoms with Crippen LogP contribution < -0.4 is 10.6 Å². The number of likely N-dealkylation sites (tertiary alicyclic amines) is 1. The minimum absolute atomic E-state index is 0.0729. The topological polar surface area (TPSA) is 102 Å². The van der Waals surface area contributed by atoms with Gasteiger partial charge in [0.25, 0.3) is 0 Å². The summed E-state index contributed by atoms with van der Waals surface area (Å²) in [7, 11) is 0. The minimum Gasteiger partial charge on any atom is -0.393 e. The standard InChI is InChI=1S/C24H36ClN3O4/c1-15(2)20(27-22(31)26-18-9-10-19(29)13-18)21(30)28-12-11-24(32,23(3,4)14-28)16-5-7-17(25)8-6-16/h5-8,15,18-20,29,32H,9-14H2,1-4H3,(H2,26,27,31)/t18-,19-,20?,24?/m0/s1. The Hall–Kier alpha value is -1.83. The van der Waals surface area contributed by atoms with Gasteiger partial charge in [-0.2, -0.15) is 0 Å². The highest BCUT2D eigenvalue weighted by atomic mass is 35.5. The van der Waals surface area contributed by atoms with Crippen molar-refractivity contribution in [3.63, 3.8) is 0 Å². The number of benzene rings is 1. The summed E-state index contributed by atoms with van der Waals surface area (Å²) in [6.45, 7) is 8.48. The molecule has 1 saturated carbocycles. The molecule has 2 fully saturated rings. The van der Waals surface area contributed by atoms with Gasteiger partial charge in [-0.1, -0.05) is 51.4 Å². The normalized spacial score (nSPS) is 28.4. The summed E-state index contributed by atoms with van der Waals surface area (Å²) in [5.41, 5.74) is -0.899. The van der Waals surface area contributed by atoms with Crippen molar-refractivity contribution < 1.29 is 19.8 Å². The van der Waals surface area contributed by atoms with Gasteiger partial charge in [0, 0.05) is 29.6 Å². The van der Waals surface area contributed by atoms with Crippen LogP contribution in [0.15, 0.2) is 24.3 Å². The molecule has 1 aliphatic carbocycles. The van der Waals surface area contributed by atoms with E-state index >= 15 is 0 Å². The first-order valence-electron chi connectivity index (χ1n) is 11.5. The number of aliphatic hydroxyl groups excluding tert-OH is 1. The predicted molar refractivity (Wildman–Crippen MR) is 124 cm³/mol. The third kappa shape index (κ3) is 5.21. The van der Waals surface area contributed by atoms with Crippen molar-refractivity contribution in [1.82, 2.24) is 15.5 Å². The molecule has 3 rings (SSSR count). The lowest BCUT2D eigenvalue weighted by Gasteiger charge is -2.51. The molecule has 0 spiro atoms. The predicted octanol–water partition coefficient (Wildman–Crippen LogP) is 3.02. The summed E-state index contributed by atoms with van der Waals surface area (Å²) < 4.78 is 0. The number of rotatable bonds is 5. The fourth-order valence-corrected chi connectivity index (χ4v) is 5.06. The maximum Gasteiger partial charge on any atom is 0.315 e. The summed E-state index contributed by atoms with van der Waals surface area (Å²) in [6, 6.07) is 6.08. The highest BCUT2D eigenvalue weighted by Gasteiger charge is 2.50. The Bertz CT molecular complexity index is 829. The minimum atomic E-state index is -1.09. The van der Waals surface area contributed by atoms with E-state index in [9.17, 15) is 19.8 Å². The molecule has 1 aromatic carbocycles. The Kier molecular flexibility index (Phi) is 7.42. The van der Waals surface area contributed by atoms with Crippen LogP contribution in [-0.2, 0) is 10.4 Å². The number of hydrogen-bond donors (Lipinski definition) is 4. The van der Waals surface area contributed by atoms with Crippen LogP contribution in [0.25, 0.3) is 0 Å². The van der Waals surface area contributed by atoms with E-state index in [1.807, 2.05) is 39.8 Å². The van der Waals surface area contributed by atoms with Crippen LogP contribution >= 0.6 is 11.6 Å². The van der Waals surface area contributed by atoms with Crippen LogP contribution in [0.1, 0.15) is 58.9 Å². The van der Waals surface area contributed by atoms with Crippen molar-refractivity contribution >= 4 is 23.5 Å². The van der Waals surface area contributed by atoms with Gasteiger partial charge in [-0.3, -0.25) is 4.79 Å². The second-order valence-electron chi connectivity index (χ2n) is 10.3. The SMILES string of the molecule is CC(C)C(NC(=O)N[C@H]1CC[C@H](O)C1)C(=O)N1CCC(O)(c2ccc(Cl)cc2)C(C)(C)C1. The summed E-state index contributed by atoms with van der Waals surface area (Å²) in [5, 5.41) is 27.5. The van der Waals surface area contributed by atoms with Gasteiger partial charge in [0.15, 0.2) is 0 Å². The van der Waals surface area contributed by atoms with Gasteiger partial charge in [0.05, 0.1) is 11.7 Å². The van der Waals surface area contributed by atoms with Crippen molar-refractivity contribution in [2.45, 2.75) is 77.2 Å². The van der Waals surface area contributed by atoms with Crippen LogP contribution in [0.4, 0.5) is 4.79 Å². The van der Waals surface area contributed by atoms with E-state index in [0.29, 0.717) is 37.4 Å². The lowest BCUT2D eigenvalue weighted by atomic mass is 9.66.